The second kappa shape index (κ2) is 5.49. The van der Waals surface area contributed by atoms with Crippen molar-refractivity contribution in [2.45, 2.75) is 0 Å². The van der Waals surface area contributed by atoms with Crippen LogP contribution in [0.5, 0.6) is 5.75 Å². The maximum atomic E-state index is 13.6. The lowest BCUT2D eigenvalue weighted by molar-refractivity contribution is 0.414. The quantitative estimate of drug-likeness (QED) is 0.869. The molecule has 1 aromatic carbocycles. The van der Waals surface area contributed by atoms with Crippen molar-refractivity contribution in [2.24, 2.45) is 0 Å². The highest BCUT2D eigenvalue weighted by Gasteiger charge is 2.08. The number of anilines is 2. The lowest BCUT2D eigenvalue weighted by Gasteiger charge is -2.09. The third-order valence-electron chi connectivity index (χ3n) is 2.14. The Morgan fingerprint density at radius 3 is 2.94 bits per heavy atom. The fourth-order valence-electron chi connectivity index (χ4n) is 1.29. The summed E-state index contributed by atoms with van der Waals surface area (Å²) in [6.45, 7) is 0. The summed E-state index contributed by atoms with van der Waals surface area (Å²) in [6, 6.07) is 4.36. The van der Waals surface area contributed by atoms with Gasteiger partial charge in [-0.15, -0.1) is 0 Å². The Balaban J connectivity index is 2.36. The van der Waals surface area contributed by atoms with Crippen LogP contribution in [0.15, 0.2) is 28.9 Å². The SMILES string of the molecule is COc1ccc(F)c(Nc2nc(Cl)ncc2Br)c1. The van der Waals surface area contributed by atoms with E-state index in [1.165, 1.54) is 31.5 Å². The second-order valence-corrected chi connectivity index (χ2v) is 4.50. The number of benzene rings is 1. The first-order valence-electron chi connectivity index (χ1n) is 4.89. The van der Waals surface area contributed by atoms with Gasteiger partial charge in [0.25, 0.3) is 0 Å². The van der Waals surface area contributed by atoms with Gasteiger partial charge in [0.2, 0.25) is 5.28 Å². The van der Waals surface area contributed by atoms with Crippen LogP contribution in [-0.2, 0) is 0 Å². The number of halogens is 3. The van der Waals surface area contributed by atoms with Crippen molar-refractivity contribution in [1.82, 2.24) is 9.97 Å². The molecule has 0 amide bonds. The number of hydrogen-bond acceptors (Lipinski definition) is 4. The van der Waals surface area contributed by atoms with Gasteiger partial charge in [-0.1, -0.05) is 0 Å². The van der Waals surface area contributed by atoms with E-state index in [4.69, 9.17) is 16.3 Å². The van der Waals surface area contributed by atoms with Crippen LogP contribution in [0.4, 0.5) is 15.9 Å². The molecule has 4 nitrogen and oxygen atoms in total. The largest absolute Gasteiger partial charge is 0.497 e. The Labute approximate surface area is 116 Å². The molecule has 1 aromatic heterocycles. The minimum Gasteiger partial charge on any atom is -0.497 e. The molecule has 18 heavy (non-hydrogen) atoms. The Bertz CT molecular complexity index is 582. The molecule has 0 aliphatic carbocycles. The van der Waals surface area contributed by atoms with Crippen molar-refractivity contribution in [3.8, 4) is 5.75 Å². The second-order valence-electron chi connectivity index (χ2n) is 3.31. The van der Waals surface area contributed by atoms with Crippen molar-refractivity contribution < 1.29 is 9.13 Å². The first-order valence-corrected chi connectivity index (χ1v) is 6.06. The number of ether oxygens (including phenoxy) is 1. The van der Waals surface area contributed by atoms with Gasteiger partial charge in [0, 0.05) is 12.3 Å². The number of methoxy groups -OCH3 is 1. The maximum absolute atomic E-state index is 13.6. The normalized spacial score (nSPS) is 10.2. The van der Waals surface area contributed by atoms with E-state index in [-0.39, 0.29) is 11.0 Å². The van der Waals surface area contributed by atoms with Gasteiger partial charge in [0.05, 0.1) is 17.3 Å². The van der Waals surface area contributed by atoms with Crippen molar-refractivity contribution in [3.05, 3.63) is 40.0 Å². The summed E-state index contributed by atoms with van der Waals surface area (Å²) in [5.41, 5.74) is 0.241. The summed E-state index contributed by atoms with van der Waals surface area (Å²) in [4.78, 5) is 7.74. The van der Waals surface area contributed by atoms with E-state index in [1.807, 2.05) is 0 Å². The van der Waals surface area contributed by atoms with Crippen LogP contribution < -0.4 is 10.1 Å². The van der Waals surface area contributed by atoms with Gasteiger partial charge >= 0.3 is 0 Å². The molecule has 0 atom stereocenters. The molecule has 94 valence electrons. The third kappa shape index (κ3) is 2.88. The molecule has 1 N–H and O–H groups in total. The molecule has 0 unspecified atom stereocenters. The van der Waals surface area contributed by atoms with Gasteiger partial charge in [0.15, 0.2) is 0 Å². The fraction of sp³-hybridized carbons (Fsp3) is 0.0909. The minimum absolute atomic E-state index is 0.0732. The lowest BCUT2D eigenvalue weighted by atomic mass is 10.3. The predicted octanol–water partition coefficient (Wildman–Crippen LogP) is 3.78. The zero-order chi connectivity index (χ0) is 13.1. The number of nitrogens with one attached hydrogen (secondary N) is 1. The Morgan fingerprint density at radius 1 is 1.44 bits per heavy atom. The topological polar surface area (TPSA) is 47.0 Å². The van der Waals surface area contributed by atoms with Gasteiger partial charge in [-0.2, -0.15) is 4.98 Å². The monoisotopic (exact) mass is 331 g/mol. The van der Waals surface area contributed by atoms with E-state index in [1.54, 1.807) is 0 Å². The Hall–Kier alpha value is -1.40. The molecule has 0 bridgehead atoms. The first-order chi connectivity index (χ1) is 8.60. The predicted molar refractivity (Wildman–Crippen MR) is 71.0 cm³/mol. The molecule has 2 rings (SSSR count). The highest BCUT2D eigenvalue weighted by atomic mass is 79.9. The molecule has 1 heterocycles. The summed E-state index contributed by atoms with van der Waals surface area (Å²) < 4.78 is 19.2. The van der Waals surface area contributed by atoms with Crippen molar-refractivity contribution in [3.63, 3.8) is 0 Å². The Kier molecular flexibility index (Phi) is 3.98. The molecule has 0 aliphatic rings. The fourth-order valence-corrected chi connectivity index (χ4v) is 1.71. The van der Waals surface area contributed by atoms with E-state index in [0.717, 1.165) is 0 Å². The molecule has 0 aliphatic heterocycles. The van der Waals surface area contributed by atoms with Crippen molar-refractivity contribution in [1.29, 1.82) is 0 Å². The molecule has 7 heteroatoms. The van der Waals surface area contributed by atoms with Gasteiger partial charge in [-0.05, 0) is 39.7 Å². The molecule has 0 radical (unpaired) electrons. The van der Waals surface area contributed by atoms with Crippen LogP contribution in [0.25, 0.3) is 0 Å². The van der Waals surface area contributed by atoms with Gasteiger partial charge in [-0.25, -0.2) is 9.37 Å². The average molecular weight is 333 g/mol. The maximum Gasteiger partial charge on any atom is 0.224 e. The summed E-state index contributed by atoms with van der Waals surface area (Å²) >= 11 is 8.93. The van der Waals surface area contributed by atoms with Crippen LogP contribution in [0.1, 0.15) is 0 Å². The van der Waals surface area contributed by atoms with Crippen molar-refractivity contribution >= 4 is 39.0 Å². The molecule has 0 saturated carbocycles. The summed E-state index contributed by atoms with van der Waals surface area (Å²) in [5, 5.41) is 2.89. The molecule has 0 fully saturated rings. The standard InChI is InChI=1S/C11H8BrClFN3O/c1-18-6-2-3-8(14)9(4-6)16-10-7(12)5-15-11(13)17-10/h2-5H,1H3,(H,15,16,17). The third-order valence-corrected chi connectivity index (χ3v) is 2.90. The van der Waals surface area contributed by atoms with E-state index in [2.05, 4.69) is 31.2 Å². The molecular weight excluding hydrogens is 324 g/mol. The zero-order valence-electron chi connectivity index (χ0n) is 9.25. The van der Waals surface area contributed by atoms with E-state index < -0.39 is 5.82 Å². The smallest absolute Gasteiger partial charge is 0.224 e. The molecule has 2 aromatic rings. The molecular formula is C11H8BrClFN3O. The van der Waals surface area contributed by atoms with E-state index >= 15 is 0 Å². The van der Waals surface area contributed by atoms with Crippen LogP contribution in [-0.4, -0.2) is 17.1 Å². The van der Waals surface area contributed by atoms with Crippen LogP contribution in [0.2, 0.25) is 5.28 Å². The minimum atomic E-state index is -0.419. The number of rotatable bonds is 3. The van der Waals surface area contributed by atoms with Gasteiger partial charge < -0.3 is 10.1 Å². The summed E-state index contributed by atoms with van der Waals surface area (Å²) in [6.07, 6.45) is 1.48. The zero-order valence-corrected chi connectivity index (χ0v) is 11.6. The van der Waals surface area contributed by atoms with Crippen LogP contribution in [0, 0.1) is 5.82 Å². The first kappa shape index (κ1) is 13.0. The number of aromatic nitrogens is 2. The summed E-state index contributed by atoms with van der Waals surface area (Å²) in [7, 11) is 1.51. The summed E-state index contributed by atoms with van der Waals surface area (Å²) in [5.74, 6) is 0.495. The van der Waals surface area contributed by atoms with Gasteiger partial charge in [-0.3, -0.25) is 0 Å². The van der Waals surface area contributed by atoms with E-state index in [0.29, 0.717) is 16.0 Å². The number of nitrogens with zero attached hydrogens (tertiary/aromatic N) is 2. The van der Waals surface area contributed by atoms with Crippen LogP contribution >= 0.6 is 27.5 Å². The number of hydrogen-bond donors (Lipinski definition) is 1. The average Bonchev–Trinajstić information content (AvgIpc) is 2.36. The highest BCUT2D eigenvalue weighted by molar-refractivity contribution is 9.10. The van der Waals surface area contributed by atoms with E-state index in [9.17, 15) is 4.39 Å². The van der Waals surface area contributed by atoms with Gasteiger partial charge in [0.1, 0.15) is 17.4 Å². The molecule has 0 saturated heterocycles. The highest BCUT2D eigenvalue weighted by Crippen LogP contribution is 2.28. The van der Waals surface area contributed by atoms with Crippen LogP contribution in [0.3, 0.4) is 0 Å². The molecule has 0 spiro atoms. The lowest BCUT2D eigenvalue weighted by Crippen LogP contribution is -1.99. The van der Waals surface area contributed by atoms with Crippen molar-refractivity contribution in [2.75, 3.05) is 12.4 Å². The Morgan fingerprint density at radius 2 is 2.22 bits per heavy atom.